The van der Waals surface area contributed by atoms with Crippen molar-refractivity contribution < 1.29 is 14.0 Å². The van der Waals surface area contributed by atoms with Crippen LogP contribution in [-0.2, 0) is 9.59 Å². The van der Waals surface area contributed by atoms with Crippen molar-refractivity contribution in [1.82, 2.24) is 5.32 Å². The molecule has 2 saturated heterocycles. The van der Waals surface area contributed by atoms with E-state index in [1.54, 1.807) is 12.1 Å². The summed E-state index contributed by atoms with van der Waals surface area (Å²) in [4.78, 5) is 29.1. The molecule has 2 amide bonds. The number of hydrogen-bond donors (Lipinski definition) is 1. The van der Waals surface area contributed by atoms with Crippen molar-refractivity contribution in [2.45, 2.75) is 33.6 Å². The monoisotopic (exact) mass is 437 g/mol. The van der Waals surface area contributed by atoms with E-state index in [4.69, 9.17) is 12.2 Å². The first-order chi connectivity index (χ1) is 14.8. The predicted molar refractivity (Wildman–Crippen MR) is 125 cm³/mol. The van der Waals surface area contributed by atoms with Gasteiger partial charge in [0.05, 0.1) is 11.4 Å². The molecule has 5 nitrogen and oxygen atoms in total. The molecule has 0 spiro atoms. The van der Waals surface area contributed by atoms with Crippen LogP contribution in [0.2, 0.25) is 0 Å². The standard InChI is InChI=1S/C24H24FN3O2S/c1-14-6-7-18(10-15(14)2)28-23(30)19(22(29)26-24(28)31)12-17-13-20(25)21(11-16(17)3)27-8-4-5-9-27/h6-7,10-13H,4-5,8-9H2,1-3H3,(H,26,29,31)/b19-12+. The SMILES string of the molecule is Cc1ccc(N2C(=O)/C(=C/c3cc(F)c(N4CCCC4)cc3C)C(=O)NC2=S)cc1C. The molecule has 0 bridgehead atoms. The van der Waals surface area contributed by atoms with Crippen LogP contribution in [-0.4, -0.2) is 30.0 Å². The fraction of sp³-hybridized carbons (Fsp3) is 0.292. The van der Waals surface area contributed by atoms with Gasteiger partial charge in [-0.3, -0.25) is 19.8 Å². The van der Waals surface area contributed by atoms with Gasteiger partial charge in [0.15, 0.2) is 5.11 Å². The molecule has 7 heteroatoms. The van der Waals surface area contributed by atoms with Crippen LogP contribution in [0.3, 0.4) is 0 Å². The molecule has 2 heterocycles. The number of thiocarbonyl (C=S) groups is 1. The molecule has 0 atom stereocenters. The maximum atomic E-state index is 14.8. The minimum absolute atomic E-state index is 0.0303. The van der Waals surface area contributed by atoms with Gasteiger partial charge in [-0.25, -0.2) is 4.39 Å². The Morgan fingerprint density at radius 3 is 2.39 bits per heavy atom. The molecule has 2 aliphatic heterocycles. The molecular formula is C24H24FN3O2S. The molecule has 31 heavy (non-hydrogen) atoms. The van der Waals surface area contributed by atoms with Gasteiger partial charge in [-0.15, -0.1) is 0 Å². The Bertz CT molecular complexity index is 1140. The van der Waals surface area contributed by atoms with Crippen molar-refractivity contribution in [3.05, 3.63) is 64.0 Å². The quantitative estimate of drug-likeness (QED) is 0.445. The number of anilines is 2. The molecule has 2 aromatic rings. The Morgan fingerprint density at radius 2 is 1.71 bits per heavy atom. The molecule has 2 aliphatic rings. The Balaban J connectivity index is 1.71. The van der Waals surface area contributed by atoms with E-state index in [-0.39, 0.29) is 16.5 Å². The number of halogens is 1. The van der Waals surface area contributed by atoms with Crippen LogP contribution in [0.5, 0.6) is 0 Å². The summed E-state index contributed by atoms with van der Waals surface area (Å²) in [6.07, 6.45) is 3.54. The Morgan fingerprint density at radius 1 is 1.00 bits per heavy atom. The number of nitrogens with one attached hydrogen (secondary N) is 1. The molecule has 2 aromatic carbocycles. The Kier molecular flexibility index (Phi) is 5.62. The maximum Gasteiger partial charge on any atom is 0.270 e. The predicted octanol–water partition coefficient (Wildman–Crippen LogP) is 4.18. The summed E-state index contributed by atoms with van der Waals surface area (Å²) in [7, 11) is 0. The molecule has 1 N–H and O–H groups in total. The van der Waals surface area contributed by atoms with Gasteiger partial charge in [-0.1, -0.05) is 6.07 Å². The average molecular weight is 438 g/mol. The lowest BCUT2D eigenvalue weighted by Gasteiger charge is -2.29. The minimum Gasteiger partial charge on any atom is -0.369 e. The smallest absolute Gasteiger partial charge is 0.270 e. The van der Waals surface area contributed by atoms with Gasteiger partial charge in [-0.05, 0) is 98.4 Å². The first-order valence-electron chi connectivity index (χ1n) is 10.3. The van der Waals surface area contributed by atoms with E-state index in [2.05, 4.69) is 5.32 Å². The van der Waals surface area contributed by atoms with Crippen molar-refractivity contribution in [1.29, 1.82) is 0 Å². The van der Waals surface area contributed by atoms with Crippen LogP contribution in [0.15, 0.2) is 35.9 Å². The van der Waals surface area contributed by atoms with Gasteiger partial charge in [-0.2, -0.15) is 0 Å². The second kappa shape index (κ2) is 8.23. The number of carbonyl (C=O) groups is 2. The van der Waals surface area contributed by atoms with E-state index in [0.717, 1.165) is 42.6 Å². The van der Waals surface area contributed by atoms with E-state index in [0.29, 0.717) is 16.9 Å². The van der Waals surface area contributed by atoms with E-state index < -0.39 is 11.8 Å². The zero-order valence-electron chi connectivity index (χ0n) is 17.8. The fourth-order valence-corrected chi connectivity index (χ4v) is 4.23. The maximum absolute atomic E-state index is 14.8. The topological polar surface area (TPSA) is 52.7 Å². The Hall–Kier alpha value is -3.06. The fourth-order valence-electron chi connectivity index (χ4n) is 3.95. The average Bonchev–Trinajstić information content (AvgIpc) is 3.24. The minimum atomic E-state index is -0.585. The van der Waals surface area contributed by atoms with Crippen LogP contribution >= 0.6 is 12.2 Å². The molecule has 0 aliphatic carbocycles. The van der Waals surface area contributed by atoms with E-state index in [1.165, 1.54) is 17.0 Å². The number of aryl methyl sites for hydroxylation is 3. The van der Waals surface area contributed by atoms with Crippen LogP contribution in [0.1, 0.15) is 35.1 Å². The molecule has 2 fully saturated rings. The lowest BCUT2D eigenvalue weighted by molar-refractivity contribution is -0.122. The highest BCUT2D eigenvalue weighted by Crippen LogP contribution is 2.29. The highest BCUT2D eigenvalue weighted by molar-refractivity contribution is 7.80. The number of hydrogen-bond acceptors (Lipinski definition) is 4. The first-order valence-corrected chi connectivity index (χ1v) is 10.7. The van der Waals surface area contributed by atoms with Crippen LogP contribution in [0.25, 0.3) is 6.08 Å². The Labute approximate surface area is 186 Å². The van der Waals surface area contributed by atoms with Crippen molar-refractivity contribution in [3.63, 3.8) is 0 Å². The number of carbonyl (C=O) groups excluding carboxylic acids is 2. The number of rotatable bonds is 3. The second-order valence-corrected chi connectivity index (χ2v) is 8.47. The van der Waals surface area contributed by atoms with Crippen molar-refractivity contribution in [3.8, 4) is 0 Å². The molecule has 160 valence electrons. The zero-order chi connectivity index (χ0) is 22.3. The van der Waals surface area contributed by atoms with Gasteiger partial charge in [0.2, 0.25) is 0 Å². The van der Waals surface area contributed by atoms with Gasteiger partial charge >= 0.3 is 0 Å². The third-order valence-electron chi connectivity index (χ3n) is 5.93. The molecule has 0 saturated carbocycles. The highest BCUT2D eigenvalue weighted by Gasteiger charge is 2.34. The highest BCUT2D eigenvalue weighted by atomic mass is 32.1. The van der Waals surface area contributed by atoms with Crippen molar-refractivity contribution in [2.24, 2.45) is 0 Å². The summed E-state index contributed by atoms with van der Waals surface area (Å²) in [5, 5.41) is 2.61. The normalized spacial score (nSPS) is 18.2. The van der Waals surface area contributed by atoms with E-state index in [1.807, 2.05) is 37.8 Å². The number of amides is 2. The summed E-state index contributed by atoms with van der Waals surface area (Å²) in [5.41, 5.74) is 4.44. The number of nitrogens with zero attached hydrogens (tertiary/aromatic N) is 2. The van der Waals surface area contributed by atoms with Gasteiger partial charge in [0, 0.05) is 13.1 Å². The lowest BCUT2D eigenvalue weighted by atomic mass is 10.0. The zero-order valence-corrected chi connectivity index (χ0v) is 18.6. The summed E-state index contributed by atoms with van der Waals surface area (Å²) in [6.45, 7) is 7.44. The van der Waals surface area contributed by atoms with Crippen molar-refractivity contribution in [2.75, 3.05) is 22.9 Å². The molecule has 0 aromatic heterocycles. The van der Waals surface area contributed by atoms with Crippen molar-refractivity contribution >= 4 is 46.6 Å². The summed E-state index contributed by atoms with van der Waals surface area (Å²) in [5.74, 6) is -1.47. The summed E-state index contributed by atoms with van der Waals surface area (Å²) >= 11 is 5.26. The van der Waals surface area contributed by atoms with Gasteiger partial charge in [0.1, 0.15) is 11.4 Å². The number of benzene rings is 2. The van der Waals surface area contributed by atoms with Gasteiger partial charge in [0.25, 0.3) is 11.8 Å². The molecular weight excluding hydrogens is 413 g/mol. The first kappa shape index (κ1) is 21.2. The summed E-state index contributed by atoms with van der Waals surface area (Å²) < 4.78 is 14.8. The lowest BCUT2D eigenvalue weighted by Crippen LogP contribution is -2.54. The third-order valence-corrected chi connectivity index (χ3v) is 6.22. The molecule has 0 unspecified atom stereocenters. The molecule has 0 radical (unpaired) electrons. The molecule has 4 rings (SSSR count). The van der Waals surface area contributed by atoms with E-state index in [9.17, 15) is 14.0 Å². The van der Waals surface area contributed by atoms with Crippen LogP contribution < -0.4 is 15.1 Å². The van der Waals surface area contributed by atoms with E-state index >= 15 is 0 Å². The van der Waals surface area contributed by atoms with Crippen LogP contribution in [0, 0.1) is 26.6 Å². The summed E-state index contributed by atoms with van der Waals surface area (Å²) in [6, 6.07) is 8.71. The third kappa shape index (κ3) is 3.97. The van der Waals surface area contributed by atoms with Crippen LogP contribution in [0.4, 0.5) is 15.8 Å². The van der Waals surface area contributed by atoms with Gasteiger partial charge < -0.3 is 4.90 Å². The largest absolute Gasteiger partial charge is 0.369 e. The second-order valence-electron chi connectivity index (χ2n) is 8.08.